The molecule has 182 valence electrons. The van der Waals surface area contributed by atoms with Crippen molar-refractivity contribution in [3.05, 3.63) is 76.5 Å². The summed E-state index contributed by atoms with van der Waals surface area (Å²) in [6.45, 7) is 4.82. The van der Waals surface area contributed by atoms with Gasteiger partial charge in [0.25, 0.3) is 0 Å². The van der Waals surface area contributed by atoms with Gasteiger partial charge in [-0.2, -0.15) is 0 Å². The van der Waals surface area contributed by atoms with Gasteiger partial charge in [0.1, 0.15) is 5.58 Å². The SMILES string of the molecule is O=c1cc(N2CCOCC2)oc2c(-c3ccc(CN4CCSC4)c4c3sc3ccccc34)cccc12. The molecule has 2 fully saturated rings. The number of ether oxygens (including phenoxy) is 1. The molecule has 0 saturated carbocycles. The van der Waals surface area contributed by atoms with Gasteiger partial charge in [-0.1, -0.05) is 42.5 Å². The summed E-state index contributed by atoms with van der Waals surface area (Å²) in [6, 6.07) is 20.7. The summed E-state index contributed by atoms with van der Waals surface area (Å²) in [4.78, 5) is 17.8. The molecular weight excluding hydrogens is 488 g/mol. The van der Waals surface area contributed by atoms with Gasteiger partial charge in [0.15, 0.2) is 11.3 Å². The van der Waals surface area contributed by atoms with Crippen molar-refractivity contribution in [2.75, 3.05) is 49.4 Å². The summed E-state index contributed by atoms with van der Waals surface area (Å²) in [5.74, 6) is 2.91. The highest BCUT2D eigenvalue weighted by atomic mass is 32.2. The average molecular weight is 515 g/mol. The molecule has 0 spiro atoms. The van der Waals surface area contributed by atoms with E-state index in [1.54, 1.807) is 6.07 Å². The number of hydrogen-bond acceptors (Lipinski definition) is 7. The zero-order chi connectivity index (χ0) is 24.1. The molecule has 0 amide bonds. The molecule has 2 aromatic heterocycles. The zero-order valence-corrected chi connectivity index (χ0v) is 21.5. The smallest absolute Gasteiger partial charge is 0.200 e. The van der Waals surface area contributed by atoms with E-state index >= 15 is 0 Å². The Labute approximate surface area is 217 Å². The van der Waals surface area contributed by atoms with Crippen LogP contribution < -0.4 is 10.3 Å². The second kappa shape index (κ2) is 9.23. The van der Waals surface area contributed by atoms with Crippen LogP contribution in [0.2, 0.25) is 0 Å². The second-order valence-corrected chi connectivity index (χ2v) is 11.5. The average Bonchev–Trinajstić information content (AvgIpc) is 3.57. The maximum absolute atomic E-state index is 13.2. The number of anilines is 1. The van der Waals surface area contributed by atoms with E-state index < -0.39 is 0 Å². The van der Waals surface area contributed by atoms with Crippen molar-refractivity contribution in [2.45, 2.75) is 6.54 Å². The van der Waals surface area contributed by atoms with E-state index in [0.29, 0.717) is 30.1 Å². The molecule has 36 heavy (non-hydrogen) atoms. The first-order chi connectivity index (χ1) is 17.8. The van der Waals surface area contributed by atoms with Crippen molar-refractivity contribution in [3.63, 3.8) is 0 Å². The Morgan fingerprint density at radius 1 is 0.889 bits per heavy atom. The van der Waals surface area contributed by atoms with E-state index in [1.165, 1.54) is 31.5 Å². The highest BCUT2D eigenvalue weighted by molar-refractivity contribution is 7.99. The number of benzene rings is 3. The summed E-state index contributed by atoms with van der Waals surface area (Å²) in [5.41, 5.74) is 4.12. The Hall–Kier alpha value is -2.84. The summed E-state index contributed by atoms with van der Waals surface area (Å²) in [5, 5.41) is 3.25. The molecule has 0 bridgehead atoms. The molecule has 2 aliphatic heterocycles. The number of rotatable bonds is 4. The summed E-state index contributed by atoms with van der Waals surface area (Å²) in [6.07, 6.45) is 0. The highest BCUT2D eigenvalue weighted by Gasteiger charge is 2.21. The molecule has 0 N–H and O–H groups in total. The fraction of sp³-hybridized carbons (Fsp3) is 0.276. The van der Waals surface area contributed by atoms with Crippen LogP contribution in [-0.4, -0.2) is 49.4 Å². The van der Waals surface area contributed by atoms with Gasteiger partial charge in [-0.15, -0.1) is 23.1 Å². The monoisotopic (exact) mass is 514 g/mol. The first-order valence-electron chi connectivity index (χ1n) is 12.4. The van der Waals surface area contributed by atoms with E-state index in [9.17, 15) is 4.79 Å². The Bertz CT molecular complexity index is 1650. The van der Waals surface area contributed by atoms with Crippen molar-refractivity contribution in [2.24, 2.45) is 0 Å². The fourth-order valence-corrected chi connectivity index (χ4v) is 7.65. The lowest BCUT2D eigenvalue weighted by molar-refractivity contribution is 0.121. The molecule has 5 nitrogen and oxygen atoms in total. The Morgan fingerprint density at radius 3 is 2.61 bits per heavy atom. The lowest BCUT2D eigenvalue weighted by Crippen LogP contribution is -2.36. The first kappa shape index (κ1) is 22.4. The van der Waals surface area contributed by atoms with Crippen molar-refractivity contribution >= 4 is 60.1 Å². The third kappa shape index (κ3) is 3.82. The molecule has 2 saturated heterocycles. The van der Waals surface area contributed by atoms with E-state index in [-0.39, 0.29) is 5.43 Å². The number of fused-ring (bicyclic) bond motifs is 4. The minimum atomic E-state index is -0.00432. The number of nitrogens with zero attached hydrogens (tertiary/aromatic N) is 2. The normalized spacial score (nSPS) is 17.1. The Kier molecular flexibility index (Phi) is 5.73. The minimum absolute atomic E-state index is 0.00432. The van der Waals surface area contributed by atoms with Gasteiger partial charge in [0.2, 0.25) is 0 Å². The number of para-hydroxylation sites is 1. The number of thiophene rings is 1. The lowest BCUT2D eigenvalue weighted by atomic mass is 9.97. The van der Waals surface area contributed by atoms with Crippen LogP contribution in [0.15, 0.2) is 69.9 Å². The van der Waals surface area contributed by atoms with E-state index in [1.807, 2.05) is 35.2 Å². The molecule has 0 aliphatic carbocycles. The third-order valence-electron chi connectivity index (χ3n) is 7.19. The van der Waals surface area contributed by atoms with Crippen LogP contribution in [-0.2, 0) is 11.3 Å². The molecule has 0 atom stereocenters. The predicted molar refractivity (Wildman–Crippen MR) is 152 cm³/mol. The van der Waals surface area contributed by atoms with Gasteiger partial charge in [-0.25, -0.2) is 0 Å². The largest absolute Gasteiger partial charge is 0.440 e. The molecule has 4 heterocycles. The fourth-order valence-electron chi connectivity index (χ4n) is 5.37. The Balaban J connectivity index is 1.45. The molecule has 3 aromatic carbocycles. The van der Waals surface area contributed by atoms with Crippen LogP contribution in [0, 0.1) is 0 Å². The molecule has 5 aromatic rings. The van der Waals surface area contributed by atoms with E-state index in [0.717, 1.165) is 43.2 Å². The third-order valence-corrected chi connectivity index (χ3v) is 9.41. The van der Waals surface area contributed by atoms with Gasteiger partial charge in [0.05, 0.1) is 18.6 Å². The van der Waals surface area contributed by atoms with E-state index in [2.05, 4.69) is 52.3 Å². The van der Waals surface area contributed by atoms with Crippen molar-refractivity contribution in [3.8, 4) is 11.1 Å². The number of morpholine rings is 1. The van der Waals surface area contributed by atoms with Gasteiger partial charge in [0, 0.05) is 75.2 Å². The van der Waals surface area contributed by atoms with Gasteiger partial charge in [-0.3, -0.25) is 9.69 Å². The Morgan fingerprint density at radius 2 is 1.75 bits per heavy atom. The maximum Gasteiger partial charge on any atom is 0.200 e. The predicted octanol–water partition coefficient (Wildman–Crippen LogP) is 6.17. The summed E-state index contributed by atoms with van der Waals surface area (Å²) >= 11 is 3.83. The standard InChI is InChI=1S/C29H26N2O3S2/c32-24-16-26(31-10-13-33-14-11-31)34-28-20(5-3-6-22(24)28)21-9-8-19(17-30-12-15-35-18-30)27-23-4-1-2-7-25(23)36-29(21)27/h1-9,16H,10-15,17-18H2. The van der Waals surface area contributed by atoms with Gasteiger partial charge < -0.3 is 14.1 Å². The number of thioether (sulfide) groups is 1. The molecule has 7 heteroatoms. The van der Waals surface area contributed by atoms with Crippen LogP contribution in [0.4, 0.5) is 5.88 Å². The molecule has 2 aliphatic rings. The molecule has 7 rings (SSSR count). The van der Waals surface area contributed by atoms with E-state index in [4.69, 9.17) is 9.15 Å². The van der Waals surface area contributed by atoms with Gasteiger partial charge in [-0.05, 0) is 17.7 Å². The van der Waals surface area contributed by atoms with Crippen LogP contribution in [0.5, 0.6) is 0 Å². The summed E-state index contributed by atoms with van der Waals surface area (Å²) in [7, 11) is 0. The summed E-state index contributed by atoms with van der Waals surface area (Å²) < 4.78 is 14.5. The topological polar surface area (TPSA) is 45.9 Å². The molecule has 0 unspecified atom stereocenters. The van der Waals surface area contributed by atoms with Crippen LogP contribution >= 0.6 is 23.1 Å². The quantitative estimate of drug-likeness (QED) is 0.286. The van der Waals surface area contributed by atoms with Crippen LogP contribution in [0.1, 0.15) is 5.56 Å². The lowest BCUT2D eigenvalue weighted by Gasteiger charge is -2.27. The zero-order valence-electron chi connectivity index (χ0n) is 19.9. The number of hydrogen-bond donors (Lipinski definition) is 0. The maximum atomic E-state index is 13.2. The first-order valence-corrected chi connectivity index (χ1v) is 14.4. The molecule has 0 radical (unpaired) electrons. The van der Waals surface area contributed by atoms with Crippen molar-refractivity contribution in [1.82, 2.24) is 4.90 Å². The molecular formula is C29H26N2O3S2. The van der Waals surface area contributed by atoms with Crippen LogP contribution in [0.25, 0.3) is 42.3 Å². The highest BCUT2D eigenvalue weighted by Crippen LogP contribution is 2.44. The second-order valence-electron chi connectivity index (χ2n) is 9.40. The van der Waals surface area contributed by atoms with Crippen molar-refractivity contribution in [1.29, 1.82) is 0 Å². The minimum Gasteiger partial charge on any atom is -0.440 e. The van der Waals surface area contributed by atoms with Crippen molar-refractivity contribution < 1.29 is 9.15 Å². The van der Waals surface area contributed by atoms with Crippen LogP contribution in [0.3, 0.4) is 0 Å². The van der Waals surface area contributed by atoms with Gasteiger partial charge >= 0.3 is 0 Å².